The van der Waals surface area contributed by atoms with Gasteiger partial charge in [0, 0.05) is 6.07 Å². The zero-order chi connectivity index (χ0) is 13.2. The van der Waals surface area contributed by atoms with E-state index in [1.807, 2.05) is 0 Å². The Morgan fingerprint density at radius 3 is 2.44 bits per heavy atom. The maximum atomic E-state index is 12.5. The number of hydrogen-bond donors (Lipinski definition) is 1. The summed E-state index contributed by atoms with van der Waals surface area (Å²) >= 11 is 0. The van der Waals surface area contributed by atoms with Crippen LogP contribution in [0.4, 0.5) is 19.1 Å². The minimum Gasteiger partial charge on any atom is -0.474 e. The third kappa shape index (κ3) is 3.24. The number of nitrogens with two attached hydrogens (primary N) is 1. The molecule has 100 valence electrons. The molecule has 1 heterocycles. The maximum absolute atomic E-state index is 12.5. The molecule has 0 amide bonds. The number of halogens is 3. The summed E-state index contributed by atoms with van der Waals surface area (Å²) in [5.74, 6) is -0.516. The summed E-state index contributed by atoms with van der Waals surface area (Å²) in [7, 11) is 0. The van der Waals surface area contributed by atoms with E-state index in [1.165, 1.54) is 0 Å². The van der Waals surface area contributed by atoms with Crippen LogP contribution in [-0.4, -0.2) is 16.1 Å². The Labute approximate surface area is 102 Å². The average molecular weight is 261 g/mol. The van der Waals surface area contributed by atoms with E-state index < -0.39 is 17.8 Å². The quantitative estimate of drug-likeness (QED) is 0.889. The van der Waals surface area contributed by atoms with Crippen molar-refractivity contribution < 1.29 is 17.9 Å². The van der Waals surface area contributed by atoms with Gasteiger partial charge in [-0.05, 0) is 25.7 Å². The minimum absolute atomic E-state index is 0.0749. The van der Waals surface area contributed by atoms with Crippen LogP contribution in [0.3, 0.4) is 0 Å². The van der Waals surface area contributed by atoms with E-state index in [0.29, 0.717) is 0 Å². The molecule has 0 aromatic carbocycles. The fourth-order valence-corrected chi connectivity index (χ4v) is 2.00. The molecule has 1 saturated carbocycles. The van der Waals surface area contributed by atoms with E-state index >= 15 is 0 Å². The molecule has 2 rings (SSSR count). The van der Waals surface area contributed by atoms with E-state index in [9.17, 15) is 13.2 Å². The molecule has 1 aliphatic rings. The lowest BCUT2D eigenvalue weighted by molar-refractivity contribution is -0.141. The fraction of sp³-hybridized carbons (Fsp3) is 0.636. The lowest BCUT2D eigenvalue weighted by atomic mass is 9.98. The van der Waals surface area contributed by atoms with Gasteiger partial charge in [-0.15, -0.1) is 0 Å². The lowest BCUT2D eigenvalue weighted by Crippen LogP contribution is -2.21. The Kier molecular flexibility index (Phi) is 3.58. The van der Waals surface area contributed by atoms with Crippen LogP contribution in [0.15, 0.2) is 6.07 Å². The zero-order valence-corrected chi connectivity index (χ0v) is 9.70. The first-order valence-electron chi connectivity index (χ1n) is 5.83. The van der Waals surface area contributed by atoms with Crippen molar-refractivity contribution in [3.05, 3.63) is 11.8 Å². The Hall–Kier alpha value is -1.53. The molecule has 0 bridgehead atoms. The second-order valence-electron chi connectivity index (χ2n) is 4.33. The molecular formula is C11H14F3N3O. The summed E-state index contributed by atoms with van der Waals surface area (Å²) in [5, 5.41) is 0. The molecule has 0 radical (unpaired) electrons. The number of ether oxygens (including phenoxy) is 1. The molecule has 0 aliphatic heterocycles. The van der Waals surface area contributed by atoms with Crippen molar-refractivity contribution in [3.63, 3.8) is 0 Å². The molecule has 0 atom stereocenters. The summed E-state index contributed by atoms with van der Waals surface area (Å²) < 4.78 is 43.0. The van der Waals surface area contributed by atoms with Crippen molar-refractivity contribution in [1.82, 2.24) is 9.97 Å². The van der Waals surface area contributed by atoms with Gasteiger partial charge in [0.25, 0.3) is 0 Å². The van der Waals surface area contributed by atoms with E-state index in [4.69, 9.17) is 10.5 Å². The second kappa shape index (κ2) is 4.99. The predicted octanol–water partition coefficient (Wildman–Crippen LogP) is 2.79. The molecule has 1 aliphatic carbocycles. The number of rotatable bonds is 2. The highest BCUT2D eigenvalue weighted by Gasteiger charge is 2.34. The first-order chi connectivity index (χ1) is 8.45. The van der Waals surface area contributed by atoms with E-state index in [-0.39, 0.29) is 12.0 Å². The summed E-state index contributed by atoms with van der Waals surface area (Å²) in [5.41, 5.74) is 4.19. The molecule has 0 unspecified atom stereocenters. The van der Waals surface area contributed by atoms with Gasteiger partial charge in [-0.25, -0.2) is 4.98 Å². The number of hydrogen-bond acceptors (Lipinski definition) is 4. The van der Waals surface area contributed by atoms with Crippen molar-refractivity contribution >= 4 is 5.95 Å². The van der Waals surface area contributed by atoms with Crippen LogP contribution in [0.25, 0.3) is 0 Å². The monoisotopic (exact) mass is 261 g/mol. The SMILES string of the molecule is Nc1nc(OC2CCCCC2)cc(C(F)(F)F)n1. The number of nitrogens with zero attached hydrogens (tertiary/aromatic N) is 2. The molecule has 7 heteroatoms. The fourth-order valence-electron chi connectivity index (χ4n) is 2.00. The second-order valence-corrected chi connectivity index (χ2v) is 4.33. The van der Waals surface area contributed by atoms with Gasteiger partial charge in [-0.3, -0.25) is 0 Å². The summed E-state index contributed by atoms with van der Waals surface area (Å²) in [6.07, 6.45) is 0.251. The highest BCUT2D eigenvalue weighted by molar-refractivity contribution is 5.27. The Morgan fingerprint density at radius 2 is 1.83 bits per heavy atom. The molecule has 0 saturated heterocycles. The van der Waals surface area contributed by atoms with Crippen molar-refractivity contribution in [2.45, 2.75) is 44.4 Å². The normalized spacial score (nSPS) is 17.7. The first kappa shape index (κ1) is 12.9. The average Bonchev–Trinajstić information content (AvgIpc) is 2.28. The van der Waals surface area contributed by atoms with Gasteiger partial charge < -0.3 is 10.5 Å². The highest BCUT2D eigenvalue weighted by Crippen LogP contribution is 2.31. The van der Waals surface area contributed by atoms with Crippen molar-refractivity contribution in [2.75, 3.05) is 5.73 Å². The van der Waals surface area contributed by atoms with Crippen LogP contribution in [0.2, 0.25) is 0 Å². The number of nitrogen functional groups attached to an aromatic ring is 1. The first-order valence-corrected chi connectivity index (χ1v) is 5.83. The Morgan fingerprint density at radius 1 is 1.17 bits per heavy atom. The molecular weight excluding hydrogens is 247 g/mol. The van der Waals surface area contributed by atoms with Gasteiger partial charge in [-0.2, -0.15) is 18.2 Å². The highest BCUT2D eigenvalue weighted by atomic mass is 19.4. The van der Waals surface area contributed by atoms with Crippen LogP contribution in [0.1, 0.15) is 37.8 Å². The Balaban J connectivity index is 2.14. The third-order valence-electron chi connectivity index (χ3n) is 2.85. The Bertz CT molecular complexity index is 416. The molecule has 2 N–H and O–H groups in total. The van der Waals surface area contributed by atoms with Crippen LogP contribution in [0.5, 0.6) is 5.88 Å². The molecule has 1 fully saturated rings. The van der Waals surface area contributed by atoms with Crippen molar-refractivity contribution in [1.29, 1.82) is 0 Å². The lowest BCUT2D eigenvalue weighted by Gasteiger charge is -2.22. The van der Waals surface area contributed by atoms with Gasteiger partial charge in [0.05, 0.1) is 0 Å². The number of alkyl halides is 3. The van der Waals surface area contributed by atoms with Crippen LogP contribution in [0, 0.1) is 0 Å². The number of anilines is 1. The van der Waals surface area contributed by atoms with Crippen LogP contribution < -0.4 is 10.5 Å². The van der Waals surface area contributed by atoms with Gasteiger partial charge >= 0.3 is 6.18 Å². The molecule has 18 heavy (non-hydrogen) atoms. The molecule has 0 spiro atoms. The van der Waals surface area contributed by atoms with Gasteiger partial charge in [0.15, 0.2) is 5.69 Å². The van der Waals surface area contributed by atoms with Gasteiger partial charge in [-0.1, -0.05) is 6.42 Å². The van der Waals surface area contributed by atoms with E-state index in [2.05, 4.69) is 9.97 Å². The molecule has 1 aromatic heterocycles. The molecule has 4 nitrogen and oxygen atoms in total. The summed E-state index contributed by atoms with van der Waals surface area (Å²) in [6.45, 7) is 0. The van der Waals surface area contributed by atoms with Gasteiger partial charge in [0.1, 0.15) is 6.10 Å². The standard InChI is InChI=1S/C11H14F3N3O/c12-11(13,14)8-6-9(17-10(15)16-8)18-7-4-2-1-3-5-7/h6-7H,1-5H2,(H2,15,16,17). The van der Waals surface area contributed by atoms with Crippen molar-refractivity contribution in [3.8, 4) is 5.88 Å². The van der Waals surface area contributed by atoms with E-state index in [1.54, 1.807) is 0 Å². The molecule has 1 aromatic rings. The topological polar surface area (TPSA) is 61.0 Å². The number of aromatic nitrogens is 2. The van der Waals surface area contributed by atoms with Gasteiger partial charge in [0.2, 0.25) is 11.8 Å². The maximum Gasteiger partial charge on any atom is 0.433 e. The van der Waals surface area contributed by atoms with Crippen LogP contribution >= 0.6 is 0 Å². The zero-order valence-electron chi connectivity index (χ0n) is 9.70. The largest absolute Gasteiger partial charge is 0.474 e. The predicted molar refractivity (Wildman–Crippen MR) is 58.9 cm³/mol. The summed E-state index contributed by atoms with van der Waals surface area (Å²) in [6, 6.07) is 0.797. The smallest absolute Gasteiger partial charge is 0.433 e. The third-order valence-corrected chi connectivity index (χ3v) is 2.85. The van der Waals surface area contributed by atoms with E-state index in [0.717, 1.165) is 38.2 Å². The summed E-state index contributed by atoms with van der Waals surface area (Å²) in [4.78, 5) is 6.85. The minimum atomic E-state index is -4.54. The van der Waals surface area contributed by atoms with Crippen LogP contribution in [-0.2, 0) is 6.18 Å². The van der Waals surface area contributed by atoms with Crippen molar-refractivity contribution in [2.24, 2.45) is 0 Å².